The van der Waals surface area contributed by atoms with Gasteiger partial charge in [0.05, 0.1) is 0 Å². The predicted molar refractivity (Wildman–Crippen MR) is 132 cm³/mol. The number of piperidine rings is 1. The second-order valence-electron chi connectivity index (χ2n) is 10.5. The van der Waals surface area contributed by atoms with E-state index in [1.807, 2.05) is 11.8 Å². The molecule has 6 nitrogen and oxygen atoms in total. The normalized spacial score (nSPS) is 28.6. The van der Waals surface area contributed by atoms with Crippen LogP contribution < -0.4 is 5.73 Å². The van der Waals surface area contributed by atoms with Crippen LogP contribution in [0.1, 0.15) is 59.8 Å². The summed E-state index contributed by atoms with van der Waals surface area (Å²) < 4.78 is 0. The molecule has 6 heteroatoms. The first-order chi connectivity index (χ1) is 15.7. The molecule has 2 heterocycles. The Hall–Kier alpha value is -2.63. The average Bonchev–Trinajstić information content (AvgIpc) is 3.03. The third-order valence-corrected chi connectivity index (χ3v) is 7.83. The van der Waals surface area contributed by atoms with E-state index in [2.05, 4.69) is 44.2 Å². The topological polar surface area (TPSA) is 79.0 Å². The Labute approximate surface area is 198 Å². The molecule has 0 saturated carbocycles. The molecule has 2 unspecified atom stereocenters. The standard InChI is InChI=1S/C27H38N4O2/c1-18(2)21-7-5-8-22(15-21)23-9-6-10-24(16-23)27(4)25(33)31(26(28)29-27)17-20-11-13-30(14-12-20)19(3)32/h5,7-8,10,16,18,20-21H,6,9,11-15,17H2,1-4H3,(H2,28,29). The highest BCUT2D eigenvalue weighted by Gasteiger charge is 2.47. The molecule has 1 fully saturated rings. The Morgan fingerprint density at radius 2 is 2.00 bits per heavy atom. The van der Waals surface area contributed by atoms with E-state index in [9.17, 15) is 9.59 Å². The van der Waals surface area contributed by atoms with Gasteiger partial charge in [0.25, 0.3) is 5.91 Å². The van der Waals surface area contributed by atoms with Gasteiger partial charge in [0, 0.05) is 26.6 Å². The number of hydrogen-bond donors (Lipinski definition) is 1. The van der Waals surface area contributed by atoms with Crippen LogP contribution in [0, 0.1) is 17.8 Å². The molecule has 178 valence electrons. The van der Waals surface area contributed by atoms with Gasteiger partial charge in [0.2, 0.25) is 5.91 Å². The molecule has 0 aromatic rings. The number of amides is 2. The first kappa shape index (κ1) is 23.5. The summed E-state index contributed by atoms with van der Waals surface area (Å²) in [5.74, 6) is 1.91. The van der Waals surface area contributed by atoms with Crippen LogP contribution >= 0.6 is 0 Å². The first-order valence-corrected chi connectivity index (χ1v) is 12.4. The number of aliphatic imine (C=N–C) groups is 1. The number of allylic oxidation sites excluding steroid dienone is 6. The van der Waals surface area contributed by atoms with Crippen molar-refractivity contribution in [3.8, 4) is 0 Å². The van der Waals surface area contributed by atoms with Crippen LogP contribution in [-0.2, 0) is 9.59 Å². The van der Waals surface area contributed by atoms with Crippen LogP contribution in [0.2, 0.25) is 0 Å². The summed E-state index contributed by atoms with van der Waals surface area (Å²) in [4.78, 5) is 33.4. The van der Waals surface area contributed by atoms with E-state index in [4.69, 9.17) is 10.7 Å². The predicted octanol–water partition coefficient (Wildman–Crippen LogP) is 3.97. The SMILES string of the molecule is CC(=O)N1CCC(CN2C(=O)C(C)(C3=CCCC(C4=CC=CC(C(C)C)C4)=C3)N=C2N)CC1. The van der Waals surface area contributed by atoms with Crippen LogP contribution in [0.4, 0.5) is 0 Å². The van der Waals surface area contributed by atoms with Gasteiger partial charge in [-0.15, -0.1) is 0 Å². The number of carbonyl (C=O) groups is 2. The van der Waals surface area contributed by atoms with E-state index in [1.165, 1.54) is 11.1 Å². The Balaban J connectivity index is 1.47. The maximum Gasteiger partial charge on any atom is 0.261 e. The average molecular weight is 451 g/mol. The lowest BCUT2D eigenvalue weighted by Crippen LogP contribution is -2.47. The van der Waals surface area contributed by atoms with Gasteiger partial charge >= 0.3 is 0 Å². The smallest absolute Gasteiger partial charge is 0.261 e. The van der Waals surface area contributed by atoms with Gasteiger partial charge in [0.1, 0.15) is 0 Å². The summed E-state index contributed by atoms with van der Waals surface area (Å²) in [6.45, 7) is 10.1. The molecule has 2 aliphatic heterocycles. The minimum Gasteiger partial charge on any atom is -0.369 e. The number of nitrogens with two attached hydrogens (primary N) is 1. The Morgan fingerprint density at radius 1 is 1.27 bits per heavy atom. The molecule has 4 rings (SSSR count). The van der Waals surface area contributed by atoms with Crippen LogP contribution in [-0.4, -0.2) is 52.7 Å². The van der Waals surface area contributed by atoms with Gasteiger partial charge in [0.15, 0.2) is 11.5 Å². The molecule has 1 saturated heterocycles. The lowest BCUT2D eigenvalue weighted by molar-refractivity contribution is -0.132. The van der Waals surface area contributed by atoms with Crippen molar-refractivity contribution in [1.82, 2.24) is 9.80 Å². The van der Waals surface area contributed by atoms with Gasteiger partial charge in [-0.2, -0.15) is 0 Å². The van der Waals surface area contributed by atoms with Gasteiger partial charge in [-0.1, -0.05) is 44.2 Å². The van der Waals surface area contributed by atoms with Gasteiger partial charge in [-0.05, 0) is 73.5 Å². The first-order valence-electron chi connectivity index (χ1n) is 12.4. The second kappa shape index (κ2) is 9.32. The third kappa shape index (κ3) is 4.71. The lowest BCUT2D eigenvalue weighted by atomic mass is 9.78. The zero-order valence-electron chi connectivity index (χ0n) is 20.5. The molecule has 2 aliphatic carbocycles. The molecule has 2 amide bonds. The summed E-state index contributed by atoms with van der Waals surface area (Å²) in [7, 11) is 0. The minimum absolute atomic E-state index is 0.0321. The van der Waals surface area contributed by atoms with E-state index >= 15 is 0 Å². The molecule has 33 heavy (non-hydrogen) atoms. The number of nitrogens with zero attached hydrogens (tertiary/aromatic N) is 3. The minimum atomic E-state index is -0.960. The van der Waals surface area contributed by atoms with Crippen LogP contribution in [0.25, 0.3) is 0 Å². The Bertz CT molecular complexity index is 963. The molecule has 0 aromatic carbocycles. The molecule has 4 aliphatic rings. The summed E-state index contributed by atoms with van der Waals surface area (Å²) in [6.07, 6.45) is 15.8. The molecule has 0 radical (unpaired) electrons. The van der Waals surface area contributed by atoms with Crippen molar-refractivity contribution in [3.05, 3.63) is 47.1 Å². The fraction of sp³-hybridized carbons (Fsp3) is 0.593. The highest BCUT2D eigenvalue weighted by molar-refractivity contribution is 6.08. The fourth-order valence-electron chi connectivity index (χ4n) is 5.45. The molecule has 2 N–H and O–H groups in total. The largest absolute Gasteiger partial charge is 0.369 e. The second-order valence-corrected chi connectivity index (χ2v) is 10.5. The summed E-state index contributed by atoms with van der Waals surface area (Å²) >= 11 is 0. The summed E-state index contributed by atoms with van der Waals surface area (Å²) in [5, 5.41) is 0. The molecule has 0 aromatic heterocycles. The maximum atomic E-state index is 13.6. The van der Waals surface area contributed by atoms with E-state index in [1.54, 1.807) is 11.8 Å². The molecule has 0 spiro atoms. The van der Waals surface area contributed by atoms with Gasteiger partial charge in [-0.25, -0.2) is 4.99 Å². The monoisotopic (exact) mass is 450 g/mol. The molecular weight excluding hydrogens is 412 g/mol. The third-order valence-electron chi connectivity index (χ3n) is 7.83. The van der Waals surface area contributed by atoms with Crippen LogP contribution in [0.15, 0.2) is 52.1 Å². The van der Waals surface area contributed by atoms with Gasteiger partial charge < -0.3 is 10.6 Å². The fourth-order valence-corrected chi connectivity index (χ4v) is 5.45. The quantitative estimate of drug-likeness (QED) is 0.688. The summed E-state index contributed by atoms with van der Waals surface area (Å²) in [6, 6.07) is 0. The highest BCUT2D eigenvalue weighted by Crippen LogP contribution is 2.39. The number of rotatable bonds is 5. The van der Waals surface area contributed by atoms with Crippen molar-refractivity contribution < 1.29 is 9.59 Å². The Kier molecular flexibility index (Phi) is 6.64. The van der Waals surface area contributed by atoms with E-state index in [-0.39, 0.29) is 11.8 Å². The number of likely N-dealkylation sites (tertiary alicyclic amines) is 1. The zero-order chi connectivity index (χ0) is 23.8. The van der Waals surface area contributed by atoms with E-state index in [0.717, 1.165) is 50.8 Å². The summed E-state index contributed by atoms with van der Waals surface area (Å²) in [5.41, 5.74) is 8.99. The van der Waals surface area contributed by atoms with Crippen LogP contribution in [0.3, 0.4) is 0 Å². The molecular formula is C27H38N4O2. The van der Waals surface area contributed by atoms with Crippen molar-refractivity contribution in [3.63, 3.8) is 0 Å². The Morgan fingerprint density at radius 3 is 2.67 bits per heavy atom. The highest BCUT2D eigenvalue weighted by atomic mass is 16.2. The number of guanidine groups is 1. The molecule has 2 atom stereocenters. The number of carbonyl (C=O) groups excluding carboxylic acids is 2. The van der Waals surface area contributed by atoms with E-state index < -0.39 is 5.54 Å². The van der Waals surface area contributed by atoms with Crippen molar-refractivity contribution in [2.45, 2.75) is 65.3 Å². The molecule has 0 bridgehead atoms. The number of hydrogen-bond acceptors (Lipinski definition) is 4. The van der Waals surface area contributed by atoms with Gasteiger partial charge in [-0.3, -0.25) is 14.5 Å². The van der Waals surface area contributed by atoms with Crippen LogP contribution in [0.5, 0.6) is 0 Å². The van der Waals surface area contributed by atoms with E-state index in [0.29, 0.717) is 30.3 Å². The van der Waals surface area contributed by atoms with Crippen molar-refractivity contribution >= 4 is 17.8 Å². The van der Waals surface area contributed by atoms with Crippen molar-refractivity contribution in [2.24, 2.45) is 28.5 Å². The lowest BCUT2D eigenvalue weighted by Gasteiger charge is -2.34. The maximum absolute atomic E-state index is 13.6. The van der Waals surface area contributed by atoms with Crippen molar-refractivity contribution in [2.75, 3.05) is 19.6 Å². The van der Waals surface area contributed by atoms with Crippen molar-refractivity contribution in [1.29, 1.82) is 0 Å². The zero-order valence-corrected chi connectivity index (χ0v) is 20.5.